The Morgan fingerprint density at radius 3 is 1.52 bits per heavy atom. The lowest BCUT2D eigenvalue weighted by atomic mass is 9.93. The monoisotopic (exact) mass is 804 g/mol. The molecular weight excluding hydrogens is 771 g/mol. The number of halogens is 6. The smallest absolute Gasteiger partial charge is 0.308 e. The van der Waals surface area contributed by atoms with Crippen LogP contribution in [0.15, 0.2) is 152 Å². The van der Waals surface area contributed by atoms with Crippen LogP contribution in [0.25, 0.3) is 83.9 Å². The van der Waals surface area contributed by atoms with Crippen LogP contribution < -0.4 is 0 Å². The summed E-state index contributed by atoms with van der Waals surface area (Å²) in [5.74, 6) is 1.03. The van der Waals surface area contributed by atoms with Crippen molar-refractivity contribution >= 4 is 21.8 Å². The second-order valence-electron chi connectivity index (χ2n) is 14.9. The van der Waals surface area contributed by atoms with Gasteiger partial charge in [0.15, 0.2) is 17.5 Å². The highest BCUT2D eigenvalue weighted by Gasteiger charge is 2.37. The summed E-state index contributed by atoms with van der Waals surface area (Å²) in [7, 11) is 0. The van der Waals surface area contributed by atoms with E-state index in [1.54, 1.807) is 12.1 Å². The molecular formula is C50H34F6N4. The van der Waals surface area contributed by atoms with E-state index in [0.717, 1.165) is 72.9 Å². The molecule has 0 amide bonds. The zero-order valence-electron chi connectivity index (χ0n) is 32.5. The van der Waals surface area contributed by atoms with Crippen molar-refractivity contribution in [3.63, 3.8) is 0 Å². The van der Waals surface area contributed by atoms with Gasteiger partial charge in [0.05, 0.1) is 27.8 Å². The van der Waals surface area contributed by atoms with Gasteiger partial charge in [0.25, 0.3) is 0 Å². The fourth-order valence-electron chi connectivity index (χ4n) is 8.16. The summed E-state index contributed by atoms with van der Waals surface area (Å²) in [4.78, 5) is 14.8. The molecule has 0 bridgehead atoms. The minimum absolute atomic E-state index is 0.137. The third kappa shape index (κ3) is 7.08. The van der Waals surface area contributed by atoms with Crippen LogP contribution in [0.1, 0.15) is 27.8 Å². The first-order valence-electron chi connectivity index (χ1n) is 19.2. The first-order chi connectivity index (χ1) is 28.7. The Hall–Kier alpha value is -7.07. The topological polar surface area (TPSA) is 43.6 Å². The highest BCUT2D eigenvalue weighted by atomic mass is 19.4. The molecule has 2 heterocycles. The lowest BCUT2D eigenvalue weighted by Crippen LogP contribution is -2.11. The summed E-state index contributed by atoms with van der Waals surface area (Å²) in [5, 5.41) is 1.80. The Bertz CT molecular complexity index is 2980. The van der Waals surface area contributed by atoms with Crippen LogP contribution in [0, 0.1) is 20.8 Å². The number of hydrogen-bond donors (Lipinski definition) is 0. The normalized spacial score (nSPS) is 12.1. The standard InChI is InChI=1S/C50H34F6N4/c1-29-22-30(2)45(31(3)23-29)35-19-20-40-39-16-10-11-17-42(39)60(43(40)27-35)44-26-34(36-24-37(49(51,52)53)28-38(25-36)50(54,55)56)18-21-41(44)48-58-46(32-12-6-4-7-13-32)57-47(59-48)33-14-8-5-9-15-33/h4-28H,1-3H3. The number of rotatable bonds is 6. The molecule has 10 heteroatoms. The predicted molar refractivity (Wildman–Crippen MR) is 226 cm³/mol. The van der Waals surface area contributed by atoms with Gasteiger partial charge in [-0.3, -0.25) is 0 Å². The number of hydrogen-bond acceptors (Lipinski definition) is 3. The van der Waals surface area contributed by atoms with Gasteiger partial charge >= 0.3 is 12.4 Å². The van der Waals surface area contributed by atoms with E-state index >= 15 is 0 Å². The van der Waals surface area contributed by atoms with E-state index < -0.39 is 23.5 Å². The Balaban J connectivity index is 1.39. The van der Waals surface area contributed by atoms with E-state index in [4.69, 9.17) is 15.0 Å². The van der Waals surface area contributed by atoms with E-state index in [1.807, 2.05) is 89.5 Å². The maximum atomic E-state index is 14.2. The van der Waals surface area contributed by atoms with E-state index in [1.165, 1.54) is 6.07 Å². The van der Waals surface area contributed by atoms with Crippen molar-refractivity contribution in [3.05, 3.63) is 179 Å². The molecule has 7 aromatic carbocycles. The van der Waals surface area contributed by atoms with Crippen molar-refractivity contribution in [1.29, 1.82) is 0 Å². The maximum Gasteiger partial charge on any atom is 0.416 e. The molecule has 0 spiro atoms. The van der Waals surface area contributed by atoms with Gasteiger partial charge in [-0.1, -0.05) is 115 Å². The average Bonchev–Trinajstić information content (AvgIpc) is 3.56. The van der Waals surface area contributed by atoms with E-state index in [2.05, 4.69) is 51.1 Å². The molecule has 0 aliphatic heterocycles. The lowest BCUT2D eigenvalue weighted by molar-refractivity contribution is -0.143. The number of fused-ring (bicyclic) bond motifs is 3. The van der Waals surface area contributed by atoms with Gasteiger partial charge < -0.3 is 4.57 Å². The highest BCUT2D eigenvalue weighted by molar-refractivity contribution is 6.11. The van der Waals surface area contributed by atoms with E-state index in [0.29, 0.717) is 22.9 Å². The lowest BCUT2D eigenvalue weighted by Gasteiger charge is -2.18. The average molecular weight is 805 g/mol. The molecule has 9 aromatic rings. The van der Waals surface area contributed by atoms with Crippen LogP contribution in [0.3, 0.4) is 0 Å². The van der Waals surface area contributed by atoms with Gasteiger partial charge in [-0.15, -0.1) is 0 Å². The minimum atomic E-state index is -5.03. The van der Waals surface area contributed by atoms with E-state index in [9.17, 15) is 26.3 Å². The second kappa shape index (κ2) is 14.6. The van der Waals surface area contributed by atoms with Crippen LogP contribution in [0.2, 0.25) is 0 Å². The number of aryl methyl sites for hydroxylation is 3. The number of alkyl halides is 6. The predicted octanol–water partition coefficient (Wildman–Crippen LogP) is 14.3. The number of aromatic nitrogens is 4. The summed E-state index contributed by atoms with van der Waals surface area (Å²) >= 11 is 0. The van der Waals surface area contributed by atoms with Crippen molar-refractivity contribution in [2.45, 2.75) is 33.1 Å². The van der Waals surface area contributed by atoms with Crippen molar-refractivity contribution in [2.75, 3.05) is 0 Å². The fraction of sp³-hybridized carbons (Fsp3) is 0.100. The number of nitrogens with zero attached hydrogens (tertiary/aromatic N) is 4. The summed E-state index contributed by atoms with van der Waals surface area (Å²) in [6.45, 7) is 6.18. The van der Waals surface area contributed by atoms with Crippen molar-refractivity contribution in [2.24, 2.45) is 0 Å². The van der Waals surface area contributed by atoms with Gasteiger partial charge in [0.1, 0.15) is 0 Å². The fourth-order valence-corrected chi connectivity index (χ4v) is 8.16. The van der Waals surface area contributed by atoms with Crippen LogP contribution in [-0.2, 0) is 12.4 Å². The van der Waals surface area contributed by atoms with Gasteiger partial charge in [-0.2, -0.15) is 26.3 Å². The minimum Gasteiger partial charge on any atom is -0.308 e. The molecule has 60 heavy (non-hydrogen) atoms. The molecule has 9 rings (SSSR count). The molecule has 0 fully saturated rings. The quantitative estimate of drug-likeness (QED) is 0.157. The third-order valence-corrected chi connectivity index (χ3v) is 10.7. The van der Waals surface area contributed by atoms with Gasteiger partial charge in [-0.25, -0.2) is 15.0 Å². The Morgan fingerprint density at radius 1 is 0.417 bits per heavy atom. The largest absolute Gasteiger partial charge is 0.416 e. The van der Waals surface area contributed by atoms with Gasteiger partial charge in [0.2, 0.25) is 0 Å². The SMILES string of the molecule is Cc1cc(C)c(-c2ccc3c4ccccc4n(-c4cc(-c5cc(C(F)(F)F)cc(C(F)(F)F)c5)ccc4-c4nc(-c5ccccc5)nc(-c5ccccc5)n4)c3c2)c(C)c1. The molecule has 0 aliphatic rings. The Morgan fingerprint density at radius 2 is 0.933 bits per heavy atom. The molecule has 0 saturated heterocycles. The maximum absolute atomic E-state index is 14.2. The summed E-state index contributed by atoms with van der Waals surface area (Å²) in [5.41, 5.74) is 6.34. The Kier molecular flexibility index (Phi) is 9.38. The molecule has 296 valence electrons. The molecule has 0 aliphatic carbocycles. The van der Waals surface area contributed by atoms with Crippen LogP contribution in [0.4, 0.5) is 26.3 Å². The number of benzene rings is 7. The molecule has 0 radical (unpaired) electrons. The summed E-state index contributed by atoms with van der Waals surface area (Å²) in [6.07, 6.45) is -10.1. The molecule has 4 nitrogen and oxygen atoms in total. The van der Waals surface area contributed by atoms with Crippen LogP contribution in [0.5, 0.6) is 0 Å². The third-order valence-electron chi connectivity index (χ3n) is 10.7. The molecule has 2 aromatic heterocycles. The van der Waals surface area contributed by atoms with Gasteiger partial charge in [-0.05, 0) is 96.6 Å². The van der Waals surface area contributed by atoms with Crippen molar-refractivity contribution in [1.82, 2.24) is 19.5 Å². The zero-order chi connectivity index (χ0) is 41.9. The van der Waals surface area contributed by atoms with E-state index in [-0.39, 0.29) is 23.0 Å². The zero-order valence-corrected chi connectivity index (χ0v) is 32.5. The molecule has 0 unspecified atom stereocenters. The van der Waals surface area contributed by atoms with Gasteiger partial charge in [0, 0.05) is 27.5 Å². The van der Waals surface area contributed by atoms with Crippen LogP contribution in [-0.4, -0.2) is 19.5 Å². The first-order valence-corrected chi connectivity index (χ1v) is 19.2. The molecule has 0 atom stereocenters. The number of para-hydroxylation sites is 1. The molecule has 0 N–H and O–H groups in total. The molecule has 0 saturated carbocycles. The Labute approximate surface area is 341 Å². The van der Waals surface area contributed by atoms with Crippen LogP contribution >= 0.6 is 0 Å². The van der Waals surface area contributed by atoms with Crippen molar-refractivity contribution < 1.29 is 26.3 Å². The first kappa shape index (κ1) is 38.4. The summed E-state index contributed by atoms with van der Waals surface area (Å²) < 4.78 is 87.2. The van der Waals surface area contributed by atoms with Crippen molar-refractivity contribution in [3.8, 4) is 62.1 Å². The summed E-state index contributed by atoms with van der Waals surface area (Å²) in [6, 6.07) is 43.5. The highest BCUT2D eigenvalue weighted by Crippen LogP contribution is 2.43. The second-order valence-corrected chi connectivity index (χ2v) is 14.9.